The fourth-order valence-electron chi connectivity index (χ4n) is 2.45. The highest BCUT2D eigenvalue weighted by Gasteiger charge is 2.19. The predicted molar refractivity (Wildman–Crippen MR) is 81.9 cm³/mol. The Morgan fingerprint density at radius 1 is 1.25 bits per heavy atom. The summed E-state index contributed by atoms with van der Waals surface area (Å²) in [5.41, 5.74) is 7.38. The van der Waals surface area contributed by atoms with Gasteiger partial charge in [0.15, 0.2) is 0 Å². The summed E-state index contributed by atoms with van der Waals surface area (Å²) in [6.07, 6.45) is 4.45. The lowest BCUT2D eigenvalue weighted by Crippen LogP contribution is -2.35. The standard InChI is InChI=1S/C15H22N2O2S/c1-12-7-6-8-13(15(12)16)20(19)11-14(18)17-9-4-2-3-5-10-17/h6-8H,2-5,9-11,16H2,1H3. The van der Waals surface area contributed by atoms with Gasteiger partial charge >= 0.3 is 0 Å². The molecule has 2 rings (SSSR count). The maximum atomic E-state index is 12.3. The third-order valence-electron chi connectivity index (χ3n) is 3.74. The highest BCUT2D eigenvalue weighted by molar-refractivity contribution is 7.86. The van der Waals surface area contributed by atoms with E-state index in [9.17, 15) is 9.00 Å². The van der Waals surface area contributed by atoms with Gasteiger partial charge < -0.3 is 10.6 Å². The third-order valence-corrected chi connectivity index (χ3v) is 5.10. The molecule has 0 saturated carbocycles. The zero-order valence-electron chi connectivity index (χ0n) is 11.9. The van der Waals surface area contributed by atoms with Gasteiger partial charge in [0.1, 0.15) is 5.75 Å². The fraction of sp³-hybridized carbons (Fsp3) is 0.533. The van der Waals surface area contributed by atoms with Crippen LogP contribution in [0.5, 0.6) is 0 Å². The number of hydrogen-bond donors (Lipinski definition) is 1. The molecule has 2 N–H and O–H groups in total. The SMILES string of the molecule is Cc1cccc(S(=O)CC(=O)N2CCCCCC2)c1N. The first-order valence-corrected chi connectivity index (χ1v) is 8.42. The van der Waals surface area contributed by atoms with Crippen LogP contribution in [0.2, 0.25) is 0 Å². The number of hydrogen-bond acceptors (Lipinski definition) is 3. The molecule has 0 bridgehead atoms. The molecule has 1 fully saturated rings. The van der Waals surface area contributed by atoms with Crippen LogP contribution in [0.25, 0.3) is 0 Å². The van der Waals surface area contributed by atoms with Crippen LogP contribution in [0.4, 0.5) is 5.69 Å². The second kappa shape index (κ2) is 6.88. The molecule has 1 heterocycles. The Hall–Kier alpha value is -1.36. The zero-order chi connectivity index (χ0) is 14.5. The Bertz CT molecular complexity index is 509. The molecular formula is C15H22N2O2S. The molecule has 1 saturated heterocycles. The van der Waals surface area contributed by atoms with Gasteiger partial charge in [-0.3, -0.25) is 9.00 Å². The smallest absolute Gasteiger partial charge is 0.235 e. The molecule has 1 amide bonds. The van der Waals surface area contributed by atoms with Crippen LogP contribution in [-0.2, 0) is 15.6 Å². The van der Waals surface area contributed by atoms with Crippen molar-refractivity contribution in [3.63, 3.8) is 0 Å². The van der Waals surface area contributed by atoms with Gasteiger partial charge in [0, 0.05) is 13.1 Å². The molecule has 1 aliphatic heterocycles. The maximum Gasteiger partial charge on any atom is 0.235 e. The van der Waals surface area contributed by atoms with Crippen LogP contribution in [0, 0.1) is 6.92 Å². The molecule has 20 heavy (non-hydrogen) atoms. The summed E-state index contributed by atoms with van der Waals surface area (Å²) in [7, 11) is -1.36. The Morgan fingerprint density at radius 3 is 2.55 bits per heavy atom. The summed E-state index contributed by atoms with van der Waals surface area (Å²) in [5.74, 6) is 0.0133. The number of anilines is 1. The third kappa shape index (κ3) is 3.60. The van der Waals surface area contributed by atoms with Crippen LogP contribution < -0.4 is 5.73 Å². The second-order valence-corrected chi connectivity index (χ2v) is 6.69. The summed E-state index contributed by atoms with van der Waals surface area (Å²) in [6.45, 7) is 3.46. The van der Waals surface area contributed by atoms with Crippen LogP contribution in [0.1, 0.15) is 31.2 Å². The number of rotatable bonds is 3. The van der Waals surface area contributed by atoms with Crippen molar-refractivity contribution in [3.8, 4) is 0 Å². The van der Waals surface area contributed by atoms with Crippen LogP contribution in [-0.4, -0.2) is 33.9 Å². The van der Waals surface area contributed by atoms with E-state index in [0.717, 1.165) is 31.5 Å². The lowest BCUT2D eigenvalue weighted by molar-refractivity contribution is -0.128. The lowest BCUT2D eigenvalue weighted by atomic mass is 10.2. The first-order valence-electron chi connectivity index (χ1n) is 7.11. The van der Waals surface area contributed by atoms with Gasteiger partial charge in [-0.2, -0.15) is 0 Å². The maximum absolute atomic E-state index is 12.3. The van der Waals surface area contributed by atoms with Crippen LogP contribution in [0.3, 0.4) is 0 Å². The normalized spacial score (nSPS) is 17.6. The van der Waals surface area contributed by atoms with E-state index in [0.29, 0.717) is 10.6 Å². The lowest BCUT2D eigenvalue weighted by Gasteiger charge is -2.20. The molecule has 0 radical (unpaired) electrons. The molecule has 1 unspecified atom stereocenters. The quantitative estimate of drug-likeness (QED) is 0.868. The molecule has 0 aliphatic carbocycles. The van der Waals surface area contributed by atoms with E-state index in [-0.39, 0.29) is 11.7 Å². The number of carbonyl (C=O) groups excluding carboxylic acids is 1. The summed E-state index contributed by atoms with van der Waals surface area (Å²) < 4.78 is 12.3. The number of nitrogen functional groups attached to an aromatic ring is 1. The fourth-order valence-corrected chi connectivity index (χ4v) is 3.65. The highest BCUT2D eigenvalue weighted by Crippen LogP contribution is 2.20. The highest BCUT2D eigenvalue weighted by atomic mass is 32.2. The monoisotopic (exact) mass is 294 g/mol. The summed E-state index contributed by atoms with van der Waals surface area (Å²) in [6, 6.07) is 5.45. The Labute approximate surface area is 122 Å². The number of para-hydroxylation sites is 1. The Morgan fingerprint density at radius 2 is 1.90 bits per heavy atom. The van der Waals surface area contributed by atoms with Crippen molar-refractivity contribution in [3.05, 3.63) is 23.8 Å². The van der Waals surface area contributed by atoms with Crippen molar-refractivity contribution in [2.75, 3.05) is 24.6 Å². The molecule has 1 atom stereocenters. The first-order chi connectivity index (χ1) is 9.59. The Kier molecular flexibility index (Phi) is 5.17. The van der Waals surface area contributed by atoms with Crippen molar-refractivity contribution in [2.45, 2.75) is 37.5 Å². The van der Waals surface area contributed by atoms with Crippen molar-refractivity contribution in [1.29, 1.82) is 0 Å². The van der Waals surface area contributed by atoms with Gasteiger partial charge in [-0.05, 0) is 31.4 Å². The van der Waals surface area contributed by atoms with E-state index in [1.807, 2.05) is 24.0 Å². The predicted octanol–water partition coefficient (Wildman–Crippen LogP) is 2.09. The van der Waals surface area contributed by atoms with Crippen molar-refractivity contribution in [1.82, 2.24) is 4.90 Å². The molecule has 1 aliphatic rings. The molecule has 1 aromatic carbocycles. The molecule has 0 spiro atoms. The average molecular weight is 294 g/mol. The van der Waals surface area contributed by atoms with Crippen LogP contribution in [0.15, 0.2) is 23.1 Å². The second-order valence-electron chi connectivity index (χ2n) is 5.27. The molecule has 110 valence electrons. The van der Waals surface area contributed by atoms with E-state index < -0.39 is 10.8 Å². The molecule has 5 heteroatoms. The number of aryl methyl sites for hydroxylation is 1. The van der Waals surface area contributed by atoms with Gasteiger partial charge in [-0.1, -0.05) is 25.0 Å². The summed E-state index contributed by atoms with van der Waals surface area (Å²) >= 11 is 0. The molecule has 1 aromatic rings. The topological polar surface area (TPSA) is 63.4 Å². The van der Waals surface area contributed by atoms with Gasteiger partial charge in [-0.15, -0.1) is 0 Å². The number of carbonyl (C=O) groups is 1. The molecular weight excluding hydrogens is 272 g/mol. The minimum Gasteiger partial charge on any atom is -0.398 e. The zero-order valence-corrected chi connectivity index (χ0v) is 12.7. The number of benzene rings is 1. The first kappa shape index (κ1) is 15.0. The van der Waals surface area contributed by atoms with E-state index in [2.05, 4.69) is 0 Å². The van der Waals surface area contributed by atoms with E-state index >= 15 is 0 Å². The van der Waals surface area contributed by atoms with Crippen molar-refractivity contribution in [2.24, 2.45) is 0 Å². The van der Waals surface area contributed by atoms with E-state index in [1.54, 1.807) is 6.07 Å². The van der Waals surface area contributed by atoms with E-state index in [1.165, 1.54) is 12.8 Å². The summed E-state index contributed by atoms with van der Waals surface area (Å²) in [5, 5.41) is 0. The minimum atomic E-state index is -1.36. The largest absolute Gasteiger partial charge is 0.398 e. The summed E-state index contributed by atoms with van der Waals surface area (Å²) in [4.78, 5) is 14.6. The number of nitrogens with zero attached hydrogens (tertiary/aromatic N) is 1. The molecule has 0 aromatic heterocycles. The van der Waals surface area contributed by atoms with Gasteiger partial charge in [-0.25, -0.2) is 0 Å². The van der Waals surface area contributed by atoms with Crippen LogP contribution >= 0.6 is 0 Å². The number of amides is 1. The minimum absolute atomic E-state index is 0.0221. The van der Waals surface area contributed by atoms with Crippen molar-refractivity contribution < 1.29 is 9.00 Å². The Balaban J connectivity index is 2.03. The average Bonchev–Trinajstić information content (AvgIpc) is 2.70. The van der Waals surface area contributed by atoms with Crippen molar-refractivity contribution >= 4 is 22.4 Å². The van der Waals surface area contributed by atoms with E-state index in [4.69, 9.17) is 5.73 Å². The number of nitrogens with two attached hydrogens (primary N) is 1. The van der Waals surface area contributed by atoms with Gasteiger partial charge in [0.2, 0.25) is 5.91 Å². The van der Waals surface area contributed by atoms with Gasteiger partial charge in [0.25, 0.3) is 0 Å². The van der Waals surface area contributed by atoms with Gasteiger partial charge in [0.05, 0.1) is 21.4 Å². The number of likely N-dealkylation sites (tertiary alicyclic amines) is 1. The molecule has 4 nitrogen and oxygen atoms in total.